The molecule has 0 amide bonds. The minimum Gasteiger partial charge on any atom is -0.370 e. The predicted octanol–water partition coefficient (Wildman–Crippen LogP) is 2.39. The van der Waals surface area contributed by atoms with E-state index in [0.29, 0.717) is 11.8 Å². The van der Waals surface area contributed by atoms with E-state index in [1.807, 2.05) is 0 Å². The van der Waals surface area contributed by atoms with E-state index in [1.165, 1.54) is 25.4 Å². The lowest BCUT2D eigenvalue weighted by molar-refractivity contribution is -0.404. The van der Waals surface area contributed by atoms with Crippen molar-refractivity contribution in [2.24, 2.45) is 0 Å². The molecule has 1 rings (SSSR count). The molecular weight excluding hydrogens is 313 g/mol. The predicted molar refractivity (Wildman–Crippen MR) is 69.8 cm³/mol. The van der Waals surface area contributed by atoms with Crippen LogP contribution in [0.2, 0.25) is 5.15 Å². The Morgan fingerprint density at radius 3 is 2.67 bits per heavy atom. The van der Waals surface area contributed by atoms with E-state index in [0.717, 1.165) is 4.90 Å². The van der Waals surface area contributed by atoms with Crippen molar-refractivity contribution in [1.29, 1.82) is 0 Å². The van der Waals surface area contributed by atoms with E-state index in [4.69, 9.17) is 11.6 Å². The molecule has 116 valence electrons. The summed E-state index contributed by atoms with van der Waals surface area (Å²) in [7, 11) is 1.30. The van der Waals surface area contributed by atoms with E-state index in [-0.39, 0.29) is 17.5 Å². The molecule has 0 aliphatic carbocycles. The first-order chi connectivity index (χ1) is 9.71. The van der Waals surface area contributed by atoms with Gasteiger partial charge < -0.3 is 10.2 Å². The second kappa shape index (κ2) is 7.11. The van der Waals surface area contributed by atoms with Crippen LogP contribution in [0.5, 0.6) is 0 Å². The van der Waals surface area contributed by atoms with Crippen molar-refractivity contribution in [2.45, 2.75) is 12.7 Å². The van der Waals surface area contributed by atoms with Gasteiger partial charge >= 0.3 is 6.18 Å². The van der Waals surface area contributed by atoms with Crippen LogP contribution in [-0.2, 0) is 6.54 Å². The molecule has 0 atom stereocenters. The van der Waals surface area contributed by atoms with Gasteiger partial charge in [0, 0.05) is 19.8 Å². The molecule has 1 aromatic rings. The molecule has 0 fully saturated rings. The van der Waals surface area contributed by atoms with E-state index >= 15 is 0 Å². The zero-order valence-electron chi connectivity index (χ0n) is 10.9. The molecule has 10 heteroatoms. The van der Waals surface area contributed by atoms with Crippen molar-refractivity contribution in [1.82, 2.24) is 15.2 Å². The van der Waals surface area contributed by atoms with Crippen LogP contribution in [0.15, 0.2) is 30.4 Å². The number of nitrogens with zero attached hydrogens (tertiary/aromatic N) is 3. The number of halogens is 4. The van der Waals surface area contributed by atoms with Crippen LogP contribution in [0, 0.1) is 10.1 Å². The molecule has 0 unspecified atom stereocenters. The Morgan fingerprint density at radius 2 is 2.24 bits per heavy atom. The molecule has 0 bridgehead atoms. The Bertz CT molecular complexity index is 519. The summed E-state index contributed by atoms with van der Waals surface area (Å²) < 4.78 is 37.8. The zero-order valence-corrected chi connectivity index (χ0v) is 11.6. The summed E-state index contributed by atoms with van der Waals surface area (Å²) in [5.74, 6) is -0.257. The SMILES string of the molecule is CNC(=C[N+](=O)[O-])N(Cc1ccc(Cl)nc1)CC(F)(F)F. The molecule has 1 heterocycles. The summed E-state index contributed by atoms with van der Waals surface area (Å²) in [6.07, 6.45) is -2.72. The van der Waals surface area contributed by atoms with Gasteiger partial charge in [-0.15, -0.1) is 0 Å². The molecule has 1 N–H and O–H groups in total. The van der Waals surface area contributed by atoms with Crippen LogP contribution >= 0.6 is 11.6 Å². The fourth-order valence-corrected chi connectivity index (χ4v) is 1.68. The van der Waals surface area contributed by atoms with Gasteiger partial charge in [-0.2, -0.15) is 13.2 Å². The molecule has 0 aliphatic rings. The number of nitrogens with one attached hydrogen (secondary N) is 1. The van der Waals surface area contributed by atoms with Crippen molar-refractivity contribution >= 4 is 11.6 Å². The van der Waals surface area contributed by atoms with Gasteiger partial charge in [0.1, 0.15) is 11.7 Å². The van der Waals surface area contributed by atoms with E-state index < -0.39 is 17.6 Å². The number of hydrogen-bond acceptors (Lipinski definition) is 5. The minimum atomic E-state index is -4.51. The molecule has 0 radical (unpaired) electrons. The van der Waals surface area contributed by atoms with Gasteiger partial charge in [-0.05, 0) is 11.6 Å². The maximum absolute atomic E-state index is 12.6. The number of nitro groups is 1. The molecule has 1 aromatic heterocycles. The van der Waals surface area contributed by atoms with Crippen LogP contribution in [0.4, 0.5) is 13.2 Å². The third-order valence-corrected chi connectivity index (χ3v) is 2.58. The monoisotopic (exact) mass is 324 g/mol. The largest absolute Gasteiger partial charge is 0.405 e. The van der Waals surface area contributed by atoms with Crippen molar-refractivity contribution < 1.29 is 18.1 Å². The van der Waals surface area contributed by atoms with Crippen molar-refractivity contribution in [3.8, 4) is 0 Å². The minimum absolute atomic E-state index is 0.204. The number of alkyl halides is 3. The van der Waals surface area contributed by atoms with E-state index in [9.17, 15) is 23.3 Å². The standard InChI is InChI=1S/C11H12ClF3N4O2/c1-16-10(6-19(20)21)18(7-11(13,14)15)5-8-2-3-9(12)17-4-8/h2-4,6,16H,5,7H2,1H3. The van der Waals surface area contributed by atoms with Gasteiger partial charge in [-0.25, -0.2) is 4.98 Å². The van der Waals surface area contributed by atoms with Crippen molar-refractivity contribution in [2.75, 3.05) is 13.6 Å². The number of pyridine rings is 1. The summed E-state index contributed by atoms with van der Waals surface area (Å²) in [6.45, 7) is -1.54. The first kappa shape index (κ1) is 17.0. The molecule has 0 aromatic carbocycles. The first-order valence-corrected chi connectivity index (χ1v) is 6.04. The maximum atomic E-state index is 12.6. The van der Waals surface area contributed by atoms with Gasteiger partial charge in [-0.3, -0.25) is 10.1 Å². The highest BCUT2D eigenvalue weighted by Gasteiger charge is 2.32. The van der Waals surface area contributed by atoms with Gasteiger partial charge in [0.05, 0.1) is 4.92 Å². The lowest BCUT2D eigenvalue weighted by atomic mass is 10.2. The zero-order chi connectivity index (χ0) is 16.0. The second-order valence-electron chi connectivity index (χ2n) is 4.01. The molecule has 21 heavy (non-hydrogen) atoms. The van der Waals surface area contributed by atoms with Gasteiger partial charge in [-0.1, -0.05) is 17.7 Å². The lowest BCUT2D eigenvalue weighted by Gasteiger charge is -2.26. The summed E-state index contributed by atoms with van der Waals surface area (Å²) >= 11 is 5.60. The Hall–Kier alpha value is -2.03. The fraction of sp³-hybridized carbons (Fsp3) is 0.364. The number of aromatic nitrogens is 1. The Balaban J connectivity index is 3.01. The number of hydrogen-bond donors (Lipinski definition) is 1. The molecule has 6 nitrogen and oxygen atoms in total. The van der Waals surface area contributed by atoms with Crippen molar-refractivity contribution in [3.05, 3.63) is 51.2 Å². The number of rotatable bonds is 6. The molecule has 0 aliphatic heterocycles. The quantitative estimate of drug-likeness (QED) is 0.494. The van der Waals surface area contributed by atoms with Gasteiger partial charge in [0.15, 0.2) is 5.82 Å². The summed E-state index contributed by atoms with van der Waals surface area (Å²) in [6, 6.07) is 2.93. The summed E-state index contributed by atoms with van der Waals surface area (Å²) in [5.41, 5.74) is 0.438. The highest BCUT2D eigenvalue weighted by atomic mass is 35.5. The van der Waals surface area contributed by atoms with E-state index in [1.54, 1.807) is 0 Å². The molecule has 0 saturated heterocycles. The Kier molecular flexibility index (Phi) is 5.77. The summed E-state index contributed by atoms with van der Waals surface area (Å²) in [4.78, 5) is 14.2. The fourth-order valence-electron chi connectivity index (χ4n) is 1.57. The Morgan fingerprint density at radius 1 is 1.57 bits per heavy atom. The van der Waals surface area contributed by atoms with Crippen LogP contribution in [0.3, 0.4) is 0 Å². The highest BCUT2D eigenvalue weighted by molar-refractivity contribution is 6.29. The molecule has 0 saturated carbocycles. The average molecular weight is 325 g/mol. The highest BCUT2D eigenvalue weighted by Crippen LogP contribution is 2.20. The maximum Gasteiger partial charge on any atom is 0.405 e. The van der Waals surface area contributed by atoms with E-state index in [2.05, 4.69) is 10.3 Å². The topological polar surface area (TPSA) is 71.3 Å². The van der Waals surface area contributed by atoms with Gasteiger partial charge in [0.25, 0.3) is 6.20 Å². The second-order valence-corrected chi connectivity index (χ2v) is 4.40. The van der Waals surface area contributed by atoms with Crippen LogP contribution in [0.1, 0.15) is 5.56 Å². The van der Waals surface area contributed by atoms with Crippen LogP contribution < -0.4 is 5.32 Å². The molecule has 0 spiro atoms. The third kappa shape index (κ3) is 6.30. The van der Waals surface area contributed by atoms with Gasteiger partial charge in [0.2, 0.25) is 0 Å². The first-order valence-electron chi connectivity index (χ1n) is 5.66. The molecular formula is C11H12ClF3N4O2. The Labute approximate surface area is 123 Å². The third-order valence-electron chi connectivity index (χ3n) is 2.36. The average Bonchev–Trinajstić information content (AvgIpc) is 2.36. The van der Waals surface area contributed by atoms with Crippen LogP contribution in [0.25, 0.3) is 0 Å². The van der Waals surface area contributed by atoms with Crippen LogP contribution in [-0.4, -0.2) is 34.6 Å². The lowest BCUT2D eigenvalue weighted by Crippen LogP contribution is -2.37. The van der Waals surface area contributed by atoms with Crippen molar-refractivity contribution in [3.63, 3.8) is 0 Å². The smallest absolute Gasteiger partial charge is 0.370 e. The summed E-state index contributed by atoms with van der Waals surface area (Å²) in [5, 5.41) is 13.1. The normalized spacial score (nSPS) is 12.1.